The Bertz CT molecular complexity index is 1660. The van der Waals surface area contributed by atoms with Crippen molar-refractivity contribution < 1.29 is 98.0 Å². The third-order valence-electron chi connectivity index (χ3n) is 4.76. The van der Waals surface area contributed by atoms with Crippen molar-refractivity contribution in [3.63, 3.8) is 0 Å². The first kappa shape index (κ1) is 32.9. The van der Waals surface area contributed by atoms with Gasteiger partial charge in [0, 0.05) is 0 Å². The molecule has 180 valence electrons. The second-order valence-electron chi connectivity index (χ2n) is 7.28. The second-order valence-corrected chi connectivity index (χ2v) is 11.4. The van der Waals surface area contributed by atoms with Gasteiger partial charge in [0.2, 0.25) is 0 Å². The third kappa shape index (κ3) is 7.46. The number of rotatable bonds is 5. The summed E-state index contributed by atoms with van der Waals surface area (Å²) in [5.74, 6) is 0. The number of anilines is 1. The van der Waals surface area contributed by atoms with Crippen LogP contribution in [-0.4, -0.2) is 44.6 Å². The molecule has 0 unspecified atom stereocenters. The Morgan fingerprint density at radius 1 is 0.889 bits per heavy atom. The smallest absolute Gasteiger partial charge is 0.744 e. The van der Waals surface area contributed by atoms with Crippen molar-refractivity contribution in [2.45, 2.75) is 16.7 Å². The summed E-state index contributed by atoms with van der Waals surface area (Å²) in [7, 11) is -14.5. The molecule has 5 N–H and O–H groups in total. The molecular formula is C20H17N2Na2O9S3+. The minimum absolute atomic E-state index is 0. The van der Waals surface area contributed by atoms with E-state index in [0.29, 0.717) is 5.56 Å². The predicted molar refractivity (Wildman–Crippen MR) is 122 cm³/mol. The summed E-state index contributed by atoms with van der Waals surface area (Å²) in [6, 6.07) is 7.05. The first-order valence-corrected chi connectivity index (χ1v) is 13.4. The Hall–Kier alpha value is -1.14. The molecule has 0 aromatic heterocycles. The van der Waals surface area contributed by atoms with Crippen LogP contribution in [0.4, 0.5) is 5.69 Å². The summed E-state index contributed by atoms with van der Waals surface area (Å²) < 4.78 is 101. The molecule has 36 heavy (non-hydrogen) atoms. The first-order chi connectivity index (χ1) is 15.5. The quantitative estimate of drug-likeness (QED) is 0.155. The molecule has 0 amide bonds. The van der Waals surface area contributed by atoms with E-state index in [-0.39, 0.29) is 87.1 Å². The molecule has 0 aliphatic heterocycles. The number of aryl methyl sites for hydroxylation is 1. The number of hydrogen-bond acceptors (Lipinski definition) is 9. The van der Waals surface area contributed by atoms with Gasteiger partial charge in [0.25, 0.3) is 20.2 Å². The molecule has 0 bridgehead atoms. The van der Waals surface area contributed by atoms with Crippen molar-refractivity contribution in [3.05, 3.63) is 81.8 Å². The summed E-state index contributed by atoms with van der Waals surface area (Å²) in [4.78, 5) is -2.03. The zero-order chi connectivity index (χ0) is 25.6. The third-order valence-corrected chi connectivity index (χ3v) is 7.37. The van der Waals surface area contributed by atoms with Gasteiger partial charge < -0.3 is 10.3 Å². The number of nitrogens with one attached hydrogen (secondary N) is 1. The van der Waals surface area contributed by atoms with Crippen LogP contribution in [-0.2, 0) is 30.4 Å². The van der Waals surface area contributed by atoms with Crippen LogP contribution in [0.25, 0.3) is 5.57 Å². The average Bonchev–Trinajstić information content (AvgIpc) is 2.68. The summed E-state index contributed by atoms with van der Waals surface area (Å²) in [6.45, 7) is 1.50. The van der Waals surface area contributed by atoms with Gasteiger partial charge in [0.1, 0.15) is 19.9 Å². The van der Waals surface area contributed by atoms with Crippen LogP contribution >= 0.6 is 0 Å². The summed E-state index contributed by atoms with van der Waals surface area (Å²) in [5.41, 5.74) is 5.33. The van der Waals surface area contributed by atoms with Crippen LogP contribution in [0.3, 0.4) is 0 Å². The number of nitrogen functional groups attached to an aromatic ring is 1. The fraction of sp³-hybridized carbons (Fsp3) is 0.0500. The molecule has 0 spiro atoms. The van der Waals surface area contributed by atoms with Crippen molar-refractivity contribution in [3.8, 4) is 0 Å². The van der Waals surface area contributed by atoms with E-state index in [4.69, 9.17) is 11.1 Å². The Labute approximate surface area is 252 Å². The molecule has 0 saturated carbocycles. The largest absolute Gasteiger partial charge is 1.00 e. The van der Waals surface area contributed by atoms with Crippen LogP contribution < -0.4 is 64.8 Å². The minimum atomic E-state index is -4.91. The van der Waals surface area contributed by atoms with E-state index in [1.165, 1.54) is 25.1 Å². The molecule has 0 atom stereocenters. The molecule has 0 radical (unpaired) electrons. The molecule has 2 aromatic carbocycles. The molecule has 0 fully saturated rings. The fourth-order valence-electron chi connectivity index (χ4n) is 3.34. The van der Waals surface area contributed by atoms with Gasteiger partial charge >= 0.3 is 59.1 Å². The van der Waals surface area contributed by atoms with Gasteiger partial charge in [-0.05, 0) is 71.2 Å². The van der Waals surface area contributed by atoms with Gasteiger partial charge in [-0.15, -0.1) is 0 Å². The Kier molecular flexibility index (Phi) is 10.7. The summed E-state index contributed by atoms with van der Waals surface area (Å²) >= 11 is 0. The first-order valence-electron chi connectivity index (χ1n) is 9.14. The Morgan fingerprint density at radius 3 is 2.03 bits per heavy atom. The normalized spacial score (nSPS) is 15.4. The molecule has 16 heteroatoms. The van der Waals surface area contributed by atoms with E-state index in [9.17, 15) is 38.9 Å². The van der Waals surface area contributed by atoms with Crippen molar-refractivity contribution in [1.29, 1.82) is 5.41 Å². The maximum Gasteiger partial charge on any atom is 1.00 e. The SMILES string of the molecule is Cc1cc(/C(=C2/C=CC(=N)C(S(=O)(=O)O)=C2)c2ccc(N)c(S(=O)(=O)O)c2)cc(S(=O)(=O)[O-])c1.[Na+].[Na+]. The molecular weight excluding hydrogens is 554 g/mol. The second kappa shape index (κ2) is 11.7. The molecule has 0 saturated heterocycles. The Balaban J connectivity index is 0.00000324. The van der Waals surface area contributed by atoms with Crippen molar-refractivity contribution in [2.24, 2.45) is 0 Å². The molecule has 3 rings (SSSR count). The molecule has 11 nitrogen and oxygen atoms in total. The number of allylic oxidation sites excluding steroid dienone is 5. The zero-order valence-electron chi connectivity index (χ0n) is 19.3. The Morgan fingerprint density at radius 2 is 1.50 bits per heavy atom. The number of nitrogens with two attached hydrogens (primary N) is 1. The topological polar surface area (TPSA) is 216 Å². The van der Waals surface area contributed by atoms with E-state index < -0.39 is 50.8 Å². The molecule has 0 heterocycles. The predicted octanol–water partition coefficient (Wildman–Crippen LogP) is -4.10. The van der Waals surface area contributed by atoms with Gasteiger partial charge in [0.15, 0.2) is 0 Å². The summed E-state index contributed by atoms with van der Waals surface area (Å²) in [5, 5.41) is 7.77. The van der Waals surface area contributed by atoms with Gasteiger partial charge in [-0.25, -0.2) is 8.42 Å². The van der Waals surface area contributed by atoms with Gasteiger partial charge in [-0.3, -0.25) is 14.5 Å². The standard InChI is InChI=1S/C20H18N2O9S3.2Na/c1-11-6-14(8-15(7-11)32(23,24)25)20(12-2-4-16(21)18(9-12)33(26,27)28)13-3-5-17(22)19(10-13)34(29,30)31;;/h2-10,21H,22H2,1H3,(H,23,24,25)(H,26,27,28)(H,29,30,31);;/q;2*+1/p-1/b20-12-,21-16?;;. The maximum atomic E-state index is 11.8. The number of benzene rings is 2. The van der Waals surface area contributed by atoms with Gasteiger partial charge in [-0.1, -0.05) is 18.2 Å². The van der Waals surface area contributed by atoms with Crippen LogP contribution in [0.1, 0.15) is 16.7 Å². The van der Waals surface area contributed by atoms with Gasteiger partial charge in [-0.2, -0.15) is 16.8 Å². The van der Waals surface area contributed by atoms with E-state index in [1.54, 1.807) is 0 Å². The van der Waals surface area contributed by atoms with Crippen molar-refractivity contribution in [2.75, 3.05) is 5.73 Å². The van der Waals surface area contributed by atoms with Crippen LogP contribution in [0.2, 0.25) is 0 Å². The zero-order valence-corrected chi connectivity index (χ0v) is 25.7. The van der Waals surface area contributed by atoms with Crippen LogP contribution in [0.5, 0.6) is 0 Å². The van der Waals surface area contributed by atoms with Crippen molar-refractivity contribution >= 4 is 47.3 Å². The van der Waals surface area contributed by atoms with E-state index in [0.717, 1.165) is 36.4 Å². The van der Waals surface area contributed by atoms with Crippen LogP contribution in [0.15, 0.2) is 74.9 Å². The van der Waals surface area contributed by atoms with E-state index in [2.05, 4.69) is 0 Å². The molecule has 2 aromatic rings. The van der Waals surface area contributed by atoms with E-state index in [1.807, 2.05) is 0 Å². The van der Waals surface area contributed by atoms with Crippen molar-refractivity contribution in [1.82, 2.24) is 0 Å². The maximum absolute atomic E-state index is 11.8. The number of hydrogen-bond donors (Lipinski definition) is 4. The minimum Gasteiger partial charge on any atom is -0.744 e. The van der Waals surface area contributed by atoms with Crippen LogP contribution in [0, 0.1) is 12.3 Å². The van der Waals surface area contributed by atoms with E-state index >= 15 is 0 Å². The summed E-state index contributed by atoms with van der Waals surface area (Å²) in [6.07, 6.45) is 3.27. The van der Waals surface area contributed by atoms with Gasteiger partial charge in [0.05, 0.1) is 16.3 Å². The molecule has 1 aliphatic carbocycles. The molecule has 1 aliphatic rings. The fourth-order valence-corrected chi connectivity index (χ4v) is 5.21. The monoisotopic (exact) mass is 571 g/mol. The average molecular weight is 572 g/mol.